The molecule has 33 heavy (non-hydrogen) atoms. The zero-order chi connectivity index (χ0) is 23.5. The van der Waals surface area contributed by atoms with Gasteiger partial charge in [-0.2, -0.15) is 0 Å². The number of hydrogen-bond donors (Lipinski definition) is 0. The summed E-state index contributed by atoms with van der Waals surface area (Å²) in [6, 6.07) is 16.3. The lowest BCUT2D eigenvalue weighted by Gasteiger charge is -2.19. The second kappa shape index (κ2) is 9.58. The second-order valence-corrected chi connectivity index (χ2v) is 9.36. The van der Waals surface area contributed by atoms with Crippen LogP contribution in [0.4, 0.5) is 5.69 Å². The minimum atomic E-state index is -0.105. The molecule has 1 amide bonds. The third-order valence-electron chi connectivity index (χ3n) is 5.79. The van der Waals surface area contributed by atoms with E-state index in [0.717, 1.165) is 27.2 Å². The number of carbonyl (C=O) groups is 1. The number of carbonyl (C=O) groups excluding carboxylic acids is 1. The van der Waals surface area contributed by atoms with Crippen LogP contribution in [-0.4, -0.2) is 41.5 Å². The van der Waals surface area contributed by atoms with Crippen molar-refractivity contribution < 1.29 is 4.79 Å². The molecule has 0 aliphatic carbocycles. The van der Waals surface area contributed by atoms with Crippen LogP contribution in [0.2, 0.25) is 0 Å². The number of amides is 1. The van der Waals surface area contributed by atoms with Gasteiger partial charge in [-0.25, -0.2) is 4.98 Å². The summed E-state index contributed by atoms with van der Waals surface area (Å²) in [7, 11) is 5.79. The molecule has 0 radical (unpaired) electrons. The second-order valence-electron chi connectivity index (χ2n) is 8.50. The molecule has 4 rings (SSSR count). The molecule has 0 saturated carbocycles. The standard InChI is InChI=1S/C26H28N4O2S/c1-18-5-9-20(10-6-18)22-16-33-25-24(22)26(32)30(17-27-25)14-13-23(31)29(4)15-19-7-11-21(12-8-19)28(2)3/h5-12,16-17H,13-15H2,1-4H3. The summed E-state index contributed by atoms with van der Waals surface area (Å²) in [5.41, 5.74) is 5.15. The molecular formula is C26H28N4O2S. The maximum Gasteiger partial charge on any atom is 0.262 e. The van der Waals surface area contributed by atoms with E-state index >= 15 is 0 Å². The van der Waals surface area contributed by atoms with Crippen LogP contribution in [0, 0.1) is 6.92 Å². The van der Waals surface area contributed by atoms with Gasteiger partial charge in [0.1, 0.15) is 4.83 Å². The van der Waals surface area contributed by atoms with Crippen molar-refractivity contribution in [2.75, 3.05) is 26.0 Å². The number of anilines is 1. The highest BCUT2D eigenvalue weighted by Crippen LogP contribution is 2.30. The van der Waals surface area contributed by atoms with Gasteiger partial charge >= 0.3 is 0 Å². The fourth-order valence-corrected chi connectivity index (χ4v) is 4.65. The summed E-state index contributed by atoms with van der Waals surface area (Å²) >= 11 is 1.47. The van der Waals surface area contributed by atoms with Gasteiger partial charge in [0.25, 0.3) is 5.56 Å². The van der Waals surface area contributed by atoms with Gasteiger partial charge in [-0.15, -0.1) is 11.3 Å². The number of aromatic nitrogens is 2. The third kappa shape index (κ3) is 4.98. The topological polar surface area (TPSA) is 58.4 Å². The number of nitrogens with zero attached hydrogens (tertiary/aromatic N) is 4. The quantitative estimate of drug-likeness (QED) is 0.406. The van der Waals surface area contributed by atoms with Crippen LogP contribution in [0.25, 0.3) is 21.3 Å². The predicted octanol–water partition coefficient (Wildman–Crippen LogP) is 4.55. The van der Waals surface area contributed by atoms with Crippen LogP contribution >= 0.6 is 11.3 Å². The lowest BCUT2D eigenvalue weighted by molar-refractivity contribution is -0.130. The lowest BCUT2D eigenvalue weighted by atomic mass is 10.1. The van der Waals surface area contributed by atoms with Crippen LogP contribution in [0.15, 0.2) is 65.0 Å². The Morgan fingerprint density at radius 2 is 1.73 bits per heavy atom. The van der Waals surface area contributed by atoms with E-state index in [9.17, 15) is 9.59 Å². The number of thiophene rings is 1. The molecule has 4 aromatic rings. The van der Waals surface area contributed by atoms with Crippen molar-refractivity contribution in [2.45, 2.75) is 26.4 Å². The van der Waals surface area contributed by atoms with Crippen molar-refractivity contribution in [3.8, 4) is 11.1 Å². The molecule has 0 unspecified atom stereocenters. The Morgan fingerprint density at radius 1 is 1.03 bits per heavy atom. The molecule has 170 valence electrons. The van der Waals surface area contributed by atoms with Gasteiger partial charge < -0.3 is 9.80 Å². The van der Waals surface area contributed by atoms with E-state index in [1.54, 1.807) is 22.8 Å². The molecule has 7 heteroatoms. The van der Waals surface area contributed by atoms with E-state index in [2.05, 4.69) is 4.98 Å². The summed E-state index contributed by atoms with van der Waals surface area (Å²) in [5, 5.41) is 2.60. The average molecular weight is 461 g/mol. The maximum atomic E-state index is 13.2. The highest BCUT2D eigenvalue weighted by molar-refractivity contribution is 7.17. The molecular weight excluding hydrogens is 432 g/mol. The van der Waals surface area contributed by atoms with Gasteiger partial charge in [-0.05, 0) is 30.2 Å². The summed E-state index contributed by atoms with van der Waals surface area (Å²) in [6.45, 7) is 2.87. The molecule has 2 aromatic carbocycles. The molecule has 0 aliphatic rings. The van der Waals surface area contributed by atoms with Gasteiger partial charge in [0.05, 0.1) is 11.7 Å². The molecule has 2 aromatic heterocycles. The smallest absolute Gasteiger partial charge is 0.262 e. The summed E-state index contributed by atoms with van der Waals surface area (Å²) in [4.78, 5) is 34.9. The lowest BCUT2D eigenvalue weighted by Crippen LogP contribution is -2.29. The normalized spacial score (nSPS) is 11.0. The van der Waals surface area contributed by atoms with Crippen LogP contribution in [0.5, 0.6) is 0 Å². The first-order valence-electron chi connectivity index (χ1n) is 10.9. The molecule has 0 spiro atoms. The SMILES string of the molecule is Cc1ccc(-c2csc3ncn(CCC(=O)N(C)Cc4ccc(N(C)C)cc4)c(=O)c23)cc1. The first-order valence-corrected chi connectivity index (χ1v) is 11.8. The van der Waals surface area contributed by atoms with Crippen LogP contribution in [-0.2, 0) is 17.9 Å². The molecule has 6 nitrogen and oxygen atoms in total. The van der Waals surface area contributed by atoms with E-state index in [1.165, 1.54) is 16.9 Å². The summed E-state index contributed by atoms with van der Waals surface area (Å²) < 4.78 is 1.55. The van der Waals surface area contributed by atoms with E-state index in [0.29, 0.717) is 18.5 Å². The minimum Gasteiger partial charge on any atom is -0.378 e. The van der Waals surface area contributed by atoms with Crippen molar-refractivity contribution in [1.82, 2.24) is 14.5 Å². The molecule has 2 heterocycles. The van der Waals surface area contributed by atoms with Crippen molar-refractivity contribution in [3.63, 3.8) is 0 Å². The van der Waals surface area contributed by atoms with Crippen LogP contribution < -0.4 is 10.5 Å². The Morgan fingerprint density at radius 3 is 2.39 bits per heavy atom. The maximum absolute atomic E-state index is 13.2. The third-order valence-corrected chi connectivity index (χ3v) is 6.67. The molecule has 0 atom stereocenters. The van der Waals surface area contributed by atoms with Crippen molar-refractivity contribution in [1.29, 1.82) is 0 Å². The van der Waals surface area contributed by atoms with Gasteiger partial charge in [-0.3, -0.25) is 14.2 Å². The fraction of sp³-hybridized carbons (Fsp3) is 0.269. The molecule has 0 N–H and O–H groups in total. The Balaban J connectivity index is 1.47. The zero-order valence-corrected chi connectivity index (χ0v) is 20.2. The van der Waals surface area contributed by atoms with Crippen molar-refractivity contribution >= 4 is 33.1 Å². The minimum absolute atomic E-state index is 0.0113. The van der Waals surface area contributed by atoms with Gasteiger partial charge in [0, 0.05) is 57.3 Å². The Bertz CT molecular complexity index is 1320. The summed E-state index contributed by atoms with van der Waals surface area (Å²) in [5.74, 6) is -0.0113. The molecule has 0 saturated heterocycles. The van der Waals surface area contributed by atoms with E-state index < -0.39 is 0 Å². The number of aryl methyl sites for hydroxylation is 2. The number of rotatable bonds is 7. The number of fused-ring (bicyclic) bond motifs is 1. The Labute approximate surface area is 197 Å². The highest BCUT2D eigenvalue weighted by atomic mass is 32.1. The van der Waals surface area contributed by atoms with Gasteiger partial charge in [0.2, 0.25) is 5.91 Å². The molecule has 0 aliphatic heterocycles. The Kier molecular flexibility index (Phi) is 6.60. The van der Waals surface area contributed by atoms with Crippen molar-refractivity contribution in [3.05, 3.63) is 81.7 Å². The van der Waals surface area contributed by atoms with E-state index in [-0.39, 0.29) is 17.9 Å². The highest BCUT2D eigenvalue weighted by Gasteiger charge is 2.15. The monoisotopic (exact) mass is 460 g/mol. The number of hydrogen-bond acceptors (Lipinski definition) is 5. The average Bonchev–Trinajstić information content (AvgIpc) is 3.24. The summed E-state index contributed by atoms with van der Waals surface area (Å²) in [6.07, 6.45) is 1.79. The van der Waals surface area contributed by atoms with Crippen LogP contribution in [0.3, 0.4) is 0 Å². The van der Waals surface area contributed by atoms with Gasteiger partial charge in [0.15, 0.2) is 0 Å². The largest absolute Gasteiger partial charge is 0.378 e. The van der Waals surface area contributed by atoms with Crippen LogP contribution in [0.1, 0.15) is 17.5 Å². The molecule has 0 fully saturated rings. The van der Waals surface area contributed by atoms with Crippen molar-refractivity contribution in [2.24, 2.45) is 0 Å². The zero-order valence-electron chi connectivity index (χ0n) is 19.4. The number of benzene rings is 2. The fourth-order valence-electron chi connectivity index (χ4n) is 3.74. The van der Waals surface area contributed by atoms with Gasteiger partial charge in [-0.1, -0.05) is 42.0 Å². The Hall–Kier alpha value is -3.45. The van der Waals surface area contributed by atoms with E-state index in [1.807, 2.05) is 79.8 Å². The first kappa shape index (κ1) is 22.7. The first-order chi connectivity index (χ1) is 15.8. The predicted molar refractivity (Wildman–Crippen MR) is 136 cm³/mol. The molecule has 0 bridgehead atoms. The van der Waals surface area contributed by atoms with E-state index in [4.69, 9.17) is 0 Å².